The van der Waals surface area contributed by atoms with Gasteiger partial charge >= 0.3 is 12.2 Å². The molecular formula is C15H17F3N2O3. The predicted molar refractivity (Wildman–Crippen MR) is 77.8 cm³/mol. The molecule has 5 nitrogen and oxygen atoms in total. The summed E-state index contributed by atoms with van der Waals surface area (Å²) in [5.74, 6) is 1.85. The summed E-state index contributed by atoms with van der Waals surface area (Å²) >= 11 is 0. The number of hydrogen-bond acceptors (Lipinski definition) is 3. The monoisotopic (exact) mass is 330 g/mol. The van der Waals surface area contributed by atoms with Gasteiger partial charge in [-0.05, 0) is 12.1 Å². The molecule has 0 aliphatic rings. The minimum Gasteiger partial charge on any atom is -0.490 e. The lowest BCUT2D eigenvalue weighted by molar-refractivity contribution is -0.139. The number of halogens is 3. The number of carbonyl (C=O) groups is 1. The van der Waals surface area contributed by atoms with Crippen molar-refractivity contribution in [2.75, 3.05) is 26.7 Å². The summed E-state index contributed by atoms with van der Waals surface area (Å²) in [5, 5.41) is 12.2. The predicted octanol–water partition coefficient (Wildman–Crippen LogP) is 1.72. The van der Waals surface area contributed by atoms with Crippen molar-refractivity contribution in [2.45, 2.75) is 12.3 Å². The van der Waals surface area contributed by atoms with E-state index in [1.807, 2.05) is 0 Å². The first-order valence-corrected chi connectivity index (χ1v) is 6.65. The Balaban J connectivity index is 2.56. The number of carbonyl (C=O) groups excluding carboxylic acids is 1. The molecule has 0 aliphatic carbocycles. The summed E-state index contributed by atoms with van der Waals surface area (Å²) in [6.07, 6.45) is -0.708. The van der Waals surface area contributed by atoms with Crippen LogP contribution in [0.5, 0.6) is 5.75 Å². The zero-order valence-corrected chi connectivity index (χ0v) is 12.4. The highest BCUT2D eigenvalue weighted by atomic mass is 19.4. The second-order valence-corrected chi connectivity index (χ2v) is 4.70. The third-order valence-electron chi connectivity index (χ3n) is 2.80. The van der Waals surface area contributed by atoms with Crippen LogP contribution in [-0.2, 0) is 6.18 Å². The quantitative estimate of drug-likeness (QED) is 0.781. The Labute approximate surface area is 132 Å². The van der Waals surface area contributed by atoms with Crippen molar-refractivity contribution in [2.24, 2.45) is 0 Å². The van der Waals surface area contributed by atoms with Crippen molar-refractivity contribution in [1.29, 1.82) is 0 Å². The molecule has 0 saturated heterocycles. The number of likely N-dealkylation sites (N-methyl/N-ethyl adjacent to an activating group) is 1. The molecule has 2 amide bonds. The number of ether oxygens (including phenoxy) is 1. The van der Waals surface area contributed by atoms with Crippen molar-refractivity contribution in [3.8, 4) is 18.1 Å². The normalized spacial score (nSPS) is 12.2. The van der Waals surface area contributed by atoms with Crippen LogP contribution in [0.25, 0.3) is 0 Å². The number of terminal acetylenes is 1. The van der Waals surface area contributed by atoms with Crippen molar-refractivity contribution in [3.05, 3.63) is 29.8 Å². The van der Waals surface area contributed by atoms with Crippen molar-refractivity contribution >= 4 is 6.03 Å². The molecule has 0 heterocycles. The van der Waals surface area contributed by atoms with Gasteiger partial charge in [0.2, 0.25) is 0 Å². The van der Waals surface area contributed by atoms with Crippen molar-refractivity contribution in [3.63, 3.8) is 0 Å². The van der Waals surface area contributed by atoms with Crippen LogP contribution >= 0.6 is 0 Å². The lowest BCUT2D eigenvalue weighted by Gasteiger charge is -2.21. The molecule has 1 atom stereocenters. The van der Waals surface area contributed by atoms with Crippen LogP contribution < -0.4 is 10.1 Å². The average Bonchev–Trinajstić information content (AvgIpc) is 2.49. The van der Waals surface area contributed by atoms with E-state index in [1.165, 1.54) is 25.2 Å². The number of aliphatic hydroxyl groups is 1. The number of nitrogens with zero attached hydrogens (tertiary/aromatic N) is 1. The number of alkyl halides is 3. The van der Waals surface area contributed by atoms with Gasteiger partial charge in [0.15, 0.2) is 0 Å². The van der Waals surface area contributed by atoms with Gasteiger partial charge in [0.25, 0.3) is 0 Å². The third-order valence-corrected chi connectivity index (χ3v) is 2.80. The van der Waals surface area contributed by atoms with Crippen LogP contribution in [-0.4, -0.2) is 48.9 Å². The first-order valence-electron chi connectivity index (χ1n) is 6.65. The standard InChI is InChI=1S/C15H17F3N2O3/c1-3-8-19-14(22)20(2)9-11(21)10-23-13-7-5-4-6-12(13)15(16,17)18/h1,4-7,11,21H,8-10H2,2H3,(H,19,22). The van der Waals surface area contributed by atoms with Crippen molar-refractivity contribution in [1.82, 2.24) is 10.2 Å². The summed E-state index contributed by atoms with van der Waals surface area (Å²) in [5.41, 5.74) is -0.924. The van der Waals surface area contributed by atoms with E-state index in [9.17, 15) is 23.1 Å². The Morgan fingerprint density at radius 2 is 2.13 bits per heavy atom. The van der Waals surface area contributed by atoms with E-state index in [0.717, 1.165) is 11.0 Å². The lowest BCUT2D eigenvalue weighted by atomic mass is 10.2. The van der Waals surface area contributed by atoms with Crippen LogP contribution in [0.4, 0.5) is 18.0 Å². The summed E-state index contributed by atoms with van der Waals surface area (Å²) in [4.78, 5) is 12.7. The molecule has 1 aromatic rings. The zero-order valence-electron chi connectivity index (χ0n) is 12.4. The number of hydrogen-bond donors (Lipinski definition) is 2. The Morgan fingerprint density at radius 1 is 1.48 bits per heavy atom. The fourth-order valence-corrected chi connectivity index (χ4v) is 1.73. The van der Waals surface area contributed by atoms with Gasteiger partial charge in [-0.1, -0.05) is 18.1 Å². The number of para-hydroxylation sites is 1. The van der Waals surface area contributed by atoms with E-state index in [4.69, 9.17) is 11.2 Å². The van der Waals surface area contributed by atoms with Crippen molar-refractivity contribution < 1.29 is 27.8 Å². The second-order valence-electron chi connectivity index (χ2n) is 4.70. The van der Waals surface area contributed by atoms with Gasteiger partial charge in [0, 0.05) is 7.05 Å². The average molecular weight is 330 g/mol. The molecule has 0 fully saturated rings. The van der Waals surface area contributed by atoms with E-state index < -0.39 is 23.9 Å². The maximum absolute atomic E-state index is 12.8. The Bertz CT molecular complexity index is 570. The summed E-state index contributed by atoms with van der Waals surface area (Å²) in [6, 6.07) is 4.20. The molecule has 23 heavy (non-hydrogen) atoms. The van der Waals surface area contributed by atoms with Crippen LogP contribution in [0.15, 0.2) is 24.3 Å². The van der Waals surface area contributed by atoms with Gasteiger partial charge in [-0.25, -0.2) is 4.79 Å². The maximum atomic E-state index is 12.8. The molecule has 1 rings (SSSR count). The molecule has 0 spiro atoms. The zero-order chi connectivity index (χ0) is 17.5. The highest BCUT2D eigenvalue weighted by molar-refractivity contribution is 5.74. The molecule has 0 bridgehead atoms. The minimum atomic E-state index is -4.55. The molecule has 0 saturated carbocycles. The van der Waals surface area contributed by atoms with Gasteiger partial charge in [-0.3, -0.25) is 0 Å². The summed E-state index contributed by atoms with van der Waals surface area (Å²) in [6.45, 7) is -0.473. The minimum absolute atomic E-state index is 0.0364. The first-order chi connectivity index (χ1) is 10.8. The number of nitrogens with one attached hydrogen (secondary N) is 1. The van der Waals surface area contributed by atoms with Gasteiger partial charge in [0.05, 0.1) is 18.7 Å². The number of benzene rings is 1. The smallest absolute Gasteiger partial charge is 0.419 e. The number of rotatable bonds is 6. The Hall–Kier alpha value is -2.40. The third kappa shape index (κ3) is 6.08. The molecule has 1 unspecified atom stereocenters. The van der Waals surface area contributed by atoms with Gasteiger partial charge in [-0.15, -0.1) is 6.42 Å². The lowest BCUT2D eigenvalue weighted by Crippen LogP contribution is -2.42. The Kier molecular flexibility index (Phi) is 6.72. The SMILES string of the molecule is C#CCNC(=O)N(C)CC(O)COc1ccccc1C(F)(F)F. The fourth-order valence-electron chi connectivity index (χ4n) is 1.73. The topological polar surface area (TPSA) is 61.8 Å². The number of aliphatic hydroxyl groups excluding tert-OH is 1. The Morgan fingerprint density at radius 3 is 2.74 bits per heavy atom. The molecular weight excluding hydrogens is 313 g/mol. The van der Waals surface area contributed by atoms with Crippen LogP contribution in [0.1, 0.15) is 5.56 Å². The molecule has 0 aromatic heterocycles. The van der Waals surface area contributed by atoms with E-state index in [1.54, 1.807) is 0 Å². The molecule has 126 valence electrons. The highest BCUT2D eigenvalue weighted by Gasteiger charge is 2.34. The second kappa shape index (κ2) is 8.29. The van der Waals surface area contributed by atoms with Crippen LogP contribution in [0.2, 0.25) is 0 Å². The fraction of sp³-hybridized carbons (Fsp3) is 0.400. The van der Waals surface area contributed by atoms with E-state index in [2.05, 4.69) is 11.2 Å². The molecule has 0 aliphatic heterocycles. The summed E-state index contributed by atoms with van der Waals surface area (Å²) in [7, 11) is 1.42. The van der Waals surface area contributed by atoms with Gasteiger partial charge < -0.3 is 20.1 Å². The van der Waals surface area contributed by atoms with E-state index >= 15 is 0 Å². The molecule has 2 N–H and O–H groups in total. The first kappa shape index (κ1) is 18.6. The highest BCUT2D eigenvalue weighted by Crippen LogP contribution is 2.35. The van der Waals surface area contributed by atoms with Gasteiger partial charge in [-0.2, -0.15) is 13.2 Å². The molecule has 0 radical (unpaired) electrons. The van der Waals surface area contributed by atoms with Crippen LogP contribution in [0, 0.1) is 12.3 Å². The van der Waals surface area contributed by atoms with E-state index in [0.29, 0.717) is 0 Å². The van der Waals surface area contributed by atoms with Gasteiger partial charge in [0.1, 0.15) is 18.5 Å². The largest absolute Gasteiger partial charge is 0.490 e. The molecule has 8 heteroatoms. The maximum Gasteiger partial charge on any atom is 0.419 e. The summed E-state index contributed by atoms with van der Waals surface area (Å²) < 4.78 is 43.4. The molecule has 1 aromatic carbocycles. The number of urea groups is 1. The van der Waals surface area contributed by atoms with E-state index in [-0.39, 0.29) is 25.4 Å². The number of amides is 2. The van der Waals surface area contributed by atoms with Crippen LogP contribution in [0.3, 0.4) is 0 Å².